The molecule has 112 valence electrons. The van der Waals surface area contributed by atoms with Crippen molar-refractivity contribution in [3.05, 3.63) is 41.4 Å². The number of hydrogen-bond donors (Lipinski definition) is 1. The van der Waals surface area contributed by atoms with Gasteiger partial charge in [0.15, 0.2) is 11.2 Å². The molecule has 1 amide bonds. The predicted octanol–water partition coefficient (Wildman–Crippen LogP) is 3.66. The molecule has 0 spiro atoms. The first-order valence-electron chi connectivity index (χ1n) is 6.23. The first kappa shape index (κ1) is 15.4. The molecule has 2 aromatic rings. The van der Waals surface area contributed by atoms with E-state index in [1.807, 2.05) is 6.07 Å². The molecule has 0 aliphatic carbocycles. The number of carbonyl (C=O) groups excluding carboxylic acids is 1. The smallest absolute Gasteiger partial charge is 0.281 e. The average molecular weight is 312 g/mol. The first-order valence-corrected chi connectivity index (χ1v) is 7.04. The van der Waals surface area contributed by atoms with Gasteiger partial charge in [-0.25, -0.2) is 13.8 Å². The second-order valence-electron chi connectivity index (χ2n) is 4.48. The number of alkyl halides is 2. The molecule has 0 aliphatic rings. The lowest BCUT2D eigenvalue weighted by molar-refractivity contribution is -0.122. The third-order valence-electron chi connectivity index (χ3n) is 2.59. The van der Waals surface area contributed by atoms with E-state index in [4.69, 9.17) is 4.74 Å². The number of halogens is 2. The normalized spacial score (nSPS) is 12.8. The lowest BCUT2D eigenvalue weighted by Crippen LogP contribution is -2.30. The molecule has 0 fully saturated rings. The Labute approximate surface area is 124 Å². The number of amides is 1. The highest BCUT2D eigenvalue weighted by Crippen LogP contribution is 2.33. The molecule has 0 aliphatic heterocycles. The van der Waals surface area contributed by atoms with Crippen LogP contribution in [0.2, 0.25) is 0 Å². The van der Waals surface area contributed by atoms with E-state index < -0.39 is 17.9 Å². The maximum Gasteiger partial charge on any atom is 0.281 e. The Hall–Kier alpha value is -2.02. The minimum absolute atomic E-state index is 0.125. The highest BCUT2D eigenvalue weighted by molar-refractivity contribution is 7.15. The lowest BCUT2D eigenvalue weighted by atomic mass is 10.3. The summed E-state index contributed by atoms with van der Waals surface area (Å²) >= 11 is 0.743. The van der Waals surface area contributed by atoms with Crippen LogP contribution >= 0.6 is 11.3 Å². The standard InChI is InChI=1S/C14H14F2N2O2S/c1-9(20-10-6-4-3-5-7-10)12(19)18-13-17-8-11(21-13)14(2,15)16/h3-9H,1-2H3,(H,17,18,19). The molecule has 1 unspecified atom stereocenters. The highest BCUT2D eigenvalue weighted by atomic mass is 32.1. The predicted molar refractivity (Wildman–Crippen MR) is 76.8 cm³/mol. The van der Waals surface area contributed by atoms with Gasteiger partial charge in [0.1, 0.15) is 5.75 Å². The maximum absolute atomic E-state index is 13.1. The van der Waals surface area contributed by atoms with E-state index in [2.05, 4.69) is 10.3 Å². The molecule has 1 atom stereocenters. The largest absolute Gasteiger partial charge is 0.481 e. The van der Waals surface area contributed by atoms with Gasteiger partial charge in [0, 0.05) is 13.1 Å². The molecule has 2 rings (SSSR count). The van der Waals surface area contributed by atoms with Crippen molar-refractivity contribution in [2.75, 3.05) is 5.32 Å². The second-order valence-corrected chi connectivity index (χ2v) is 5.51. The Morgan fingerprint density at radius 3 is 2.62 bits per heavy atom. The van der Waals surface area contributed by atoms with E-state index in [0.29, 0.717) is 5.75 Å². The molecule has 1 aromatic carbocycles. The zero-order valence-electron chi connectivity index (χ0n) is 11.5. The highest BCUT2D eigenvalue weighted by Gasteiger charge is 2.28. The molecule has 7 heteroatoms. The summed E-state index contributed by atoms with van der Waals surface area (Å²) in [7, 11) is 0. The van der Waals surface area contributed by atoms with E-state index >= 15 is 0 Å². The van der Waals surface area contributed by atoms with Gasteiger partial charge < -0.3 is 4.74 Å². The fourth-order valence-corrected chi connectivity index (χ4v) is 2.25. The van der Waals surface area contributed by atoms with Gasteiger partial charge in [0.05, 0.1) is 4.88 Å². The van der Waals surface area contributed by atoms with Gasteiger partial charge in [-0.2, -0.15) is 0 Å². The van der Waals surface area contributed by atoms with Crippen LogP contribution in [0.15, 0.2) is 36.5 Å². The van der Waals surface area contributed by atoms with Crippen LogP contribution in [-0.2, 0) is 10.7 Å². The molecule has 0 saturated heterocycles. The Kier molecular flexibility index (Phi) is 4.52. The van der Waals surface area contributed by atoms with Gasteiger partial charge in [-0.05, 0) is 19.1 Å². The lowest BCUT2D eigenvalue weighted by Gasteiger charge is -2.13. The van der Waals surface area contributed by atoms with Crippen molar-refractivity contribution >= 4 is 22.4 Å². The maximum atomic E-state index is 13.1. The van der Waals surface area contributed by atoms with Gasteiger partial charge in [-0.3, -0.25) is 10.1 Å². The molecular formula is C14H14F2N2O2S. The van der Waals surface area contributed by atoms with Gasteiger partial charge in [-0.15, -0.1) is 0 Å². The number of nitrogens with one attached hydrogen (secondary N) is 1. The molecule has 21 heavy (non-hydrogen) atoms. The number of rotatable bonds is 5. The zero-order valence-corrected chi connectivity index (χ0v) is 12.3. The van der Waals surface area contributed by atoms with Crippen LogP contribution < -0.4 is 10.1 Å². The van der Waals surface area contributed by atoms with E-state index in [1.54, 1.807) is 31.2 Å². The van der Waals surface area contributed by atoms with Gasteiger partial charge in [0.25, 0.3) is 11.8 Å². The number of carbonyl (C=O) groups is 1. The zero-order chi connectivity index (χ0) is 15.5. The summed E-state index contributed by atoms with van der Waals surface area (Å²) in [6.45, 7) is 2.36. The van der Waals surface area contributed by atoms with Crippen LogP contribution in [0.1, 0.15) is 18.7 Å². The molecule has 0 saturated carbocycles. The number of para-hydroxylation sites is 1. The van der Waals surface area contributed by atoms with Crippen LogP contribution in [-0.4, -0.2) is 17.0 Å². The SMILES string of the molecule is CC(Oc1ccccc1)C(=O)Nc1ncc(C(C)(F)F)s1. The molecule has 1 heterocycles. The van der Waals surface area contributed by atoms with Crippen molar-refractivity contribution in [2.24, 2.45) is 0 Å². The van der Waals surface area contributed by atoms with Crippen molar-refractivity contribution in [3.63, 3.8) is 0 Å². The molecule has 0 bridgehead atoms. The number of aromatic nitrogens is 1. The van der Waals surface area contributed by atoms with Crippen molar-refractivity contribution in [1.29, 1.82) is 0 Å². The summed E-state index contributed by atoms with van der Waals surface area (Å²) in [5, 5.41) is 2.59. The first-order chi connectivity index (χ1) is 9.86. The average Bonchev–Trinajstić information content (AvgIpc) is 2.88. The Morgan fingerprint density at radius 1 is 1.38 bits per heavy atom. The van der Waals surface area contributed by atoms with Crippen LogP contribution in [0.4, 0.5) is 13.9 Å². The quantitative estimate of drug-likeness (QED) is 0.916. The van der Waals surface area contributed by atoms with Crippen molar-refractivity contribution in [2.45, 2.75) is 25.9 Å². The Balaban J connectivity index is 1.96. The minimum Gasteiger partial charge on any atom is -0.481 e. The third-order valence-corrected chi connectivity index (χ3v) is 3.68. The van der Waals surface area contributed by atoms with Crippen LogP contribution in [0.5, 0.6) is 5.75 Å². The topological polar surface area (TPSA) is 51.2 Å². The summed E-state index contributed by atoms with van der Waals surface area (Å²) in [5.74, 6) is -2.86. The summed E-state index contributed by atoms with van der Waals surface area (Å²) in [5.41, 5.74) is 0. The summed E-state index contributed by atoms with van der Waals surface area (Å²) in [6.07, 6.45) is 0.296. The van der Waals surface area contributed by atoms with Crippen LogP contribution in [0.25, 0.3) is 0 Å². The van der Waals surface area contributed by atoms with Gasteiger partial charge >= 0.3 is 0 Å². The minimum atomic E-state index is -2.97. The second kappa shape index (κ2) is 6.17. The van der Waals surface area contributed by atoms with E-state index in [-0.39, 0.29) is 10.0 Å². The fraction of sp³-hybridized carbons (Fsp3) is 0.286. The van der Waals surface area contributed by atoms with Crippen molar-refractivity contribution < 1.29 is 18.3 Å². The number of benzene rings is 1. The molecule has 0 radical (unpaired) electrons. The van der Waals surface area contributed by atoms with E-state index in [9.17, 15) is 13.6 Å². The van der Waals surface area contributed by atoms with Gasteiger partial charge in [-0.1, -0.05) is 29.5 Å². The molecule has 4 nitrogen and oxygen atoms in total. The number of nitrogens with zero attached hydrogens (tertiary/aromatic N) is 1. The summed E-state index contributed by atoms with van der Waals surface area (Å²) in [6, 6.07) is 8.86. The van der Waals surface area contributed by atoms with E-state index in [1.165, 1.54) is 0 Å². The summed E-state index contributed by atoms with van der Waals surface area (Å²) in [4.78, 5) is 15.5. The number of hydrogen-bond acceptors (Lipinski definition) is 4. The number of anilines is 1. The van der Waals surface area contributed by atoms with Crippen molar-refractivity contribution in [1.82, 2.24) is 4.98 Å². The fourth-order valence-electron chi connectivity index (χ4n) is 1.50. The molecule has 1 aromatic heterocycles. The van der Waals surface area contributed by atoms with Crippen LogP contribution in [0.3, 0.4) is 0 Å². The van der Waals surface area contributed by atoms with Gasteiger partial charge in [0.2, 0.25) is 0 Å². The Morgan fingerprint density at radius 2 is 2.05 bits per heavy atom. The monoisotopic (exact) mass is 312 g/mol. The van der Waals surface area contributed by atoms with Crippen LogP contribution in [0, 0.1) is 0 Å². The molecule has 1 N–H and O–H groups in total. The number of ether oxygens (including phenoxy) is 1. The number of thiazole rings is 1. The summed E-state index contributed by atoms with van der Waals surface area (Å²) < 4.78 is 31.6. The Bertz CT molecular complexity index is 611. The third kappa shape index (κ3) is 4.22. The molecular weight excluding hydrogens is 298 g/mol. The van der Waals surface area contributed by atoms with E-state index in [0.717, 1.165) is 24.5 Å². The van der Waals surface area contributed by atoms with Crippen molar-refractivity contribution in [3.8, 4) is 5.75 Å².